The lowest BCUT2D eigenvalue weighted by atomic mass is 10.2. The zero-order chi connectivity index (χ0) is 11.2. The average molecular weight is 219 g/mol. The van der Waals surface area contributed by atoms with Crippen LogP contribution in [0.15, 0.2) is 0 Å². The number of hydrogen-bond acceptors (Lipinski definition) is 3. The maximum absolute atomic E-state index is 5.49. The van der Waals surface area contributed by atoms with Crippen molar-refractivity contribution in [3.8, 4) is 0 Å². The molecule has 0 radical (unpaired) electrons. The molecule has 1 atom stereocenters. The Hall–Kier alpha value is -0.190. The van der Waals surface area contributed by atoms with Crippen LogP contribution in [0.25, 0.3) is 0 Å². The highest BCUT2D eigenvalue weighted by Gasteiger charge is 2.12. The summed E-state index contributed by atoms with van der Waals surface area (Å²) in [5.74, 6) is 0. The zero-order valence-electron chi connectivity index (χ0n) is 9.50. The second kappa shape index (κ2) is 6.32. The van der Waals surface area contributed by atoms with E-state index in [1.54, 1.807) is 0 Å². The number of rotatable bonds is 6. The minimum absolute atomic E-state index is 0.117. The molecule has 0 rings (SSSR count). The Morgan fingerprint density at radius 3 is 2.29 bits per heavy atom. The fourth-order valence-corrected chi connectivity index (χ4v) is 1.17. The Morgan fingerprint density at radius 1 is 1.36 bits per heavy atom. The molecule has 0 aromatic heterocycles. The van der Waals surface area contributed by atoms with Gasteiger partial charge in [0.05, 0.1) is 18.8 Å². The molecular weight excluding hydrogens is 198 g/mol. The second-order valence-corrected chi connectivity index (χ2v) is 4.60. The van der Waals surface area contributed by atoms with Crippen LogP contribution in [-0.2, 0) is 9.47 Å². The fourth-order valence-electron chi connectivity index (χ4n) is 0.939. The maximum atomic E-state index is 5.49. The summed E-state index contributed by atoms with van der Waals surface area (Å²) >= 11 is 4.85. The predicted molar refractivity (Wildman–Crippen MR) is 62.5 cm³/mol. The predicted octanol–water partition coefficient (Wildman–Crippen LogP) is 1.88. The summed E-state index contributed by atoms with van der Waals surface area (Å²) in [5, 5.41) is 0. The van der Waals surface area contributed by atoms with Crippen molar-refractivity contribution in [1.29, 1.82) is 0 Å². The molecule has 1 unspecified atom stereocenters. The number of hydrogen-bond donors (Lipinski definition) is 1. The van der Waals surface area contributed by atoms with Gasteiger partial charge in [-0.2, -0.15) is 0 Å². The van der Waals surface area contributed by atoms with Crippen LogP contribution in [0.3, 0.4) is 0 Å². The van der Waals surface area contributed by atoms with Crippen LogP contribution in [0.1, 0.15) is 34.1 Å². The number of ether oxygens (including phenoxy) is 2. The van der Waals surface area contributed by atoms with Gasteiger partial charge in [-0.15, -0.1) is 0 Å². The zero-order valence-corrected chi connectivity index (χ0v) is 10.3. The summed E-state index contributed by atoms with van der Waals surface area (Å²) in [6, 6.07) is 0. The molecule has 0 spiro atoms. The quantitative estimate of drug-likeness (QED) is 0.547. The van der Waals surface area contributed by atoms with Gasteiger partial charge in [-0.1, -0.05) is 19.1 Å². The van der Waals surface area contributed by atoms with E-state index in [2.05, 4.69) is 0 Å². The fraction of sp³-hybridized carbons (Fsp3) is 0.900. The lowest BCUT2D eigenvalue weighted by Crippen LogP contribution is -2.31. The molecule has 0 aliphatic carbocycles. The summed E-state index contributed by atoms with van der Waals surface area (Å²) in [6.07, 6.45) is 0.693. The van der Waals surface area contributed by atoms with Gasteiger partial charge in [0.1, 0.15) is 11.1 Å². The van der Waals surface area contributed by atoms with Crippen LogP contribution in [0.4, 0.5) is 0 Å². The summed E-state index contributed by atoms with van der Waals surface area (Å²) in [5.41, 5.74) is 5.36. The molecule has 0 saturated carbocycles. The minimum Gasteiger partial charge on any atom is -0.391 e. The largest absolute Gasteiger partial charge is 0.391 e. The van der Waals surface area contributed by atoms with Crippen molar-refractivity contribution in [2.24, 2.45) is 5.73 Å². The Bertz CT molecular complexity index is 177. The van der Waals surface area contributed by atoms with Gasteiger partial charge in [-0.05, 0) is 27.2 Å². The van der Waals surface area contributed by atoms with E-state index in [9.17, 15) is 0 Å². The van der Waals surface area contributed by atoms with E-state index in [-0.39, 0.29) is 11.7 Å². The molecule has 0 heterocycles. The van der Waals surface area contributed by atoms with E-state index in [0.29, 0.717) is 18.2 Å². The highest BCUT2D eigenvalue weighted by atomic mass is 32.1. The summed E-state index contributed by atoms with van der Waals surface area (Å²) < 4.78 is 11.0. The standard InChI is InChI=1S/C10H21NO2S/c1-5-8(9(11)14)12-6-7-13-10(2,3)4/h8H,5-7H2,1-4H3,(H2,11,14). The van der Waals surface area contributed by atoms with Crippen LogP contribution >= 0.6 is 12.2 Å². The minimum atomic E-state index is -0.117. The lowest BCUT2D eigenvalue weighted by Gasteiger charge is -2.20. The first-order chi connectivity index (χ1) is 6.37. The highest BCUT2D eigenvalue weighted by Crippen LogP contribution is 2.06. The number of thiocarbonyl (C=S) groups is 1. The van der Waals surface area contributed by atoms with Crippen LogP contribution in [-0.4, -0.2) is 29.9 Å². The molecule has 0 fully saturated rings. The van der Waals surface area contributed by atoms with Crippen molar-refractivity contribution in [3.05, 3.63) is 0 Å². The van der Waals surface area contributed by atoms with E-state index in [1.165, 1.54) is 0 Å². The monoisotopic (exact) mass is 219 g/mol. The highest BCUT2D eigenvalue weighted by molar-refractivity contribution is 7.80. The maximum Gasteiger partial charge on any atom is 0.107 e. The van der Waals surface area contributed by atoms with E-state index in [0.717, 1.165) is 6.42 Å². The van der Waals surface area contributed by atoms with Gasteiger partial charge in [-0.25, -0.2) is 0 Å². The molecule has 0 aromatic rings. The average Bonchev–Trinajstić information content (AvgIpc) is 2.01. The van der Waals surface area contributed by atoms with E-state index in [4.69, 9.17) is 27.4 Å². The molecule has 0 amide bonds. The van der Waals surface area contributed by atoms with Gasteiger partial charge in [0, 0.05) is 0 Å². The van der Waals surface area contributed by atoms with Gasteiger partial charge in [0.25, 0.3) is 0 Å². The first kappa shape index (κ1) is 13.8. The molecule has 3 nitrogen and oxygen atoms in total. The van der Waals surface area contributed by atoms with Crippen LogP contribution in [0.5, 0.6) is 0 Å². The molecule has 0 bridgehead atoms. The molecule has 0 aromatic carbocycles. The van der Waals surface area contributed by atoms with E-state index < -0.39 is 0 Å². The van der Waals surface area contributed by atoms with E-state index in [1.807, 2.05) is 27.7 Å². The van der Waals surface area contributed by atoms with Gasteiger partial charge >= 0.3 is 0 Å². The first-order valence-corrected chi connectivity index (χ1v) is 5.32. The Kier molecular flexibility index (Phi) is 6.24. The van der Waals surface area contributed by atoms with Gasteiger partial charge in [-0.3, -0.25) is 0 Å². The third-order valence-electron chi connectivity index (χ3n) is 1.63. The lowest BCUT2D eigenvalue weighted by molar-refractivity contribution is -0.0415. The van der Waals surface area contributed by atoms with Crippen molar-refractivity contribution >= 4 is 17.2 Å². The third kappa shape index (κ3) is 7.24. The molecule has 14 heavy (non-hydrogen) atoms. The Labute approximate surface area is 91.9 Å². The van der Waals surface area contributed by atoms with Crippen molar-refractivity contribution in [1.82, 2.24) is 0 Å². The van der Waals surface area contributed by atoms with Crippen LogP contribution in [0.2, 0.25) is 0 Å². The smallest absolute Gasteiger partial charge is 0.107 e. The molecular formula is C10H21NO2S. The van der Waals surface area contributed by atoms with Gasteiger partial charge in [0.15, 0.2) is 0 Å². The topological polar surface area (TPSA) is 44.5 Å². The summed E-state index contributed by atoms with van der Waals surface area (Å²) in [6.45, 7) is 9.14. The Balaban J connectivity index is 3.58. The Morgan fingerprint density at radius 2 is 1.93 bits per heavy atom. The molecule has 4 heteroatoms. The first-order valence-electron chi connectivity index (χ1n) is 4.91. The van der Waals surface area contributed by atoms with Crippen molar-refractivity contribution < 1.29 is 9.47 Å². The van der Waals surface area contributed by atoms with Crippen LogP contribution < -0.4 is 5.73 Å². The van der Waals surface area contributed by atoms with Crippen molar-refractivity contribution in [2.45, 2.75) is 45.8 Å². The molecule has 0 saturated heterocycles. The summed E-state index contributed by atoms with van der Waals surface area (Å²) in [7, 11) is 0. The molecule has 0 aliphatic rings. The second-order valence-electron chi connectivity index (χ2n) is 4.13. The van der Waals surface area contributed by atoms with Crippen molar-refractivity contribution in [2.75, 3.05) is 13.2 Å². The SMILES string of the molecule is CCC(OCCOC(C)(C)C)C(N)=S. The van der Waals surface area contributed by atoms with Crippen LogP contribution in [0, 0.1) is 0 Å². The third-order valence-corrected chi connectivity index (χ3v) is 1.89. The van der Waals surface area contributed by atoms with E-state index >= 15 is 0 Å². The van der Waals surface area contributed by atoms with Gasteiger partial charge in [0.2, 0.25) is 0 Å². The normalized spacial score (nSPS) is 14.0. The molecule has 2 N–H and O–H groups in total. The van der Waals surface area contributed by atoms with Crippen molar-refractivity contribution in [3.63, 3.8) is 0 Å². The molecule has 84 valence electrons. The molecule has 0 aliphatic heterocycles. The number of nitrogens with two attached hydrogens (primary N) is 1. The van der Waals surface area contributed by atoms with Gasteiger partial charge < -0.3 is 15.2 Å². The summed E-state index contributed by atoms with van der Waals surface area (Å²) in [4.78, 5) is 0.420.